The fraction of sp³-hybridized carbons (Fsp3) is 0.231. The van der Waals surface area contributed by atoms with Gasteiger partial charge < -0.3 is 0 Å². The lowest BCUT2D eigenvalue weighted by Gasteiger charge is -2.05. The normalized spacial score (nSPS) is 10.6. The van der Waals surface area contributed by atoms with Crippen LogP contribution in [0.15, 0.2) is 41.8 Å². The van der Waals surface area contributed by atoms with E-state index in [2.05, 4.69) is 36.0 Å². The molecule has 0 saturated carbocycles. The zero-order valence-corrected chi connectivity index (χ0v) is 10.1. The van der Waals surface area contributed by atoms with Crippen molar-refractivity contribution in [2.75, 3.05) is 0 Å². The highest BCUT2D eigenvalue weighted by Gasteiger charge is 1.98. The Morgan fingerprint density at radius 1 is 1.19 bits per heavy atom. The molecule has 0 aliphatic carbocycles. The minimum atomic E-state index is 0.602. The summed E-state index contributed by atoms with van der Waals surface area (Å²) >= 11 is 1.75. The van der Waals surface area contributed by atoms with Gasteiger partial charge in [0.2, 0.25) is 0 Å². The summed E-state index contributed by atoms with van der Waals surface area (Å²) in [6, 6.07) is 12.3. The van der Waals surface area contributed by atoms with E-state index >= 15 is 0 Å². The molecular formula is C13H15NOS. The van der Waals surface area contributed by atoms with E-state index in [1.807, 2.05) is 18.2 Å². The SMILES string of the molecule is Cc1ccsc1CNOCc1ccccc1. The van der Waals surface area contributed by atoms with E-state index in [4.69, 9.17) is 4.84 Å². The lowest BCUT2D eigenvalue weighted by Crippen LogP contribution is -2.13. The second-order valence-electron chi connectivity index (χ2n) is 3.62. The molecular weight excluding hydrogens is 218 g/mol. The second-order valence-corrected chi connectivity index (χ2v) is 4.62. The van der Waals surface area contributed by atoms with Crippen LogP contribution in [0.3, 0.4) is 0 Å². The van der Waals surface area contributed by atoms with E-state index < -0.39 is 0 Å². The first-order valence-electron chi connectivity index (χ1n) is 5.28. The van der Waals surface area contributed by atoms with E-state index in [9.17, 15) is 0 Å². The lowest BCUT2D eigenvalue weighted by molar-refractivity contribution is 0.0239. The van der Waals surface area contributed by atoms with Gasteiger partial charge in [-0.15, -0.1) is 11.3 Å². The van der Waals surface area contributed by atoms with E-state index in [-0.39, 0.29) is 0 Å². The Labute approximate surface area is 99.8 Å². The zero-order valence-electron chi connectivity index (χ0n) is 9.27. The molecule has 0 fully saturated rings. The van der Waals surface area contributed by atoms with Gasteiger partial charge in [-0.2, -0.15) is 5.48 Å². The summed E-state index contributed by atoms with van der Waals surface area (Å²) in [5, 5.41) is 2.10. The number of benzene rings is 1. The van der Waals surface area contributed by atoms with Gasteiger partial charge in [0, 0.05) is 4.88 Å². The molecule has 1 aromatic heterocycles. The van der Waals surface area contributed by atoms with Crippen molar-refractivity contribution >= 4 is 11.3 Å². The van der Waals surface area contributed by atoms with E-state index in [1.54, 1.807) is 11.3 Å². The molecule has 16 heavy (non-hydrogen) atoms. The summed E-state index contributed by atoms with van der Waals surface area (Å²) in [6.07, 6.45) is 0. The van der Waals surface area contributed by atoms with Crippen LogP contribution in [0.1, 0.15) is 16.0 Å². The van der Waals surface area contributed by atoms with Crippen LogP contribution in [0.5, 0.6) is 0 Å². The van der Waals surface area contributed by atoms with Crippen molar-refractivity contribution < 1.29 is 4.84 Å². The number of rotatable bonds is 5. The van der Waals surface area contributed by atoms with Crippen LogP contribution in [-0.4, -0.2) is 0 Å². The Kier molecular flexibility index (Phi) is 4.10. The highest BCUT2D eigenvalue weighted by molar-refractivity contribution is 7.10. The largest absolute Gasteiger partial charge is 0.297 e. The first-order valence-corrected chi connectivity index (χ1v) is 6.16. The molecule has 0 atom stereocenters. The Morgan fingerprint density at radius 3 is 2.69 bits per heavy atom. The number of hydrogen-bond donors (Lipinski definition) is 1. The van der Waals surface area contributed by atoms with Gasteiger partial charge in [0.15, 0.2) is 0 Å². The van der Waals surface area contributed by atoms with Crippen molar-refractivity contribution in [3.8, 4) is 0 Å². The molecule has 0 aliphatic rings. The topological polar surface area (TPSA) is 21.3 Å². The van der Waals surface area contributed by atoms with Crippen LogP contribution in [0.25, 0.3) is 0 Å². The summed E-state index contributed by atoms with van der Waals surface area (Å²) in [4.78, 5) is 6.73. The van der Waals surface area contributed by atoms with Crippen molar-refractivity contribution in [1.82, 2.24) is 5.48 Å². The van der Waals surface area contributed by atoms with Crippen molar-refractivity contribution in [1.29, 1.82) is 0 Å². The van der Waals surface area contributed by atoms with Gasteiger partial charge in [-0.05, 0) is 29.5 Å². The molecule has 0 unspecified atom stereocenters. The molecule has 1 aromatic carbocycles. The number of nitrogens with one attached hydrogen (secondary N) is 1. The van der Waals surface area contributed by atoms with E-state index in [0.717, 1.165) is 6.54 Å². The van der Waals surface area contributed by atoms with Crippen LogP contribution < -0.4 is 5.48 Å². The van der Waals surface area contributed by atoms with Gasteiger partial charge in [-0.25, -0.2) is 0 Å². The monoisotopic (exact) mass is 233 g/mol. The third-order valence-corrected chi connectivity index (χ3v) is 3.41. The highest BCUT2D eigenvalue weighted by atomic mass is 32.1. The summed E-state index contributed by atoms with van der Waals surface area (Å²) in [5.74, 6) is 0. The van der Waals surface area contributed by atoms with Crippen molar-refractivity contribution in [2.45, 2.75) is 20.1 Å². The smallest absolute Gasteiger partial charge is 0.0933 e. The molecule has 84 valence electrons. The quantitative estimate of drug-likeness (QED) is 0.632. The molecule has 0 amide bonds. The fourth-order valence-corrected chi connectivity index (χ4v) is 2.24. The third-order valence-electron chi connectivity index (χ3n) is 2.38. The first-order chi connectivity index (χ1) is 7.86. The minimum absolute atomic E-state index is 0.602. The number of hydroxylamine groups is 1. The summed E-state index contributed by atoms with van der Waals surface area (Å²) in [6.45, 7) is 3.49. The Hall–Kier alpha value is -1.16. The van der Waals surface area contributed by atoms with Crippen LogP contribution in [0, 0.1) is 6.92 Å². The summed E-state index contributed by atoms with van der Waals surface area (Å²) in [7, 11) is 0. The van der Waals surface area contributed by atoms with Crippen molar-refractivity contribution in [3.05, 3.63) is 57.8 Å². The molecule has 0 bridgehead atoms. The Balaban J connectivity index is 1.72. The maximum Gasteiger partial charge on any atom is 0.0933 e. The van der Waals surface area contributed by atoms with E-state index in [1.165, 1.54) is 16.0 Å². The maximum absolute atomic E-state index is 5.40. The molecule has 1 N–H and O–H groups in total. The Bertz CT molecular complexity index is 425. The number of aryl methyl sites for hydroxylation is 1. The fourth-order valence-electron chi connectivity index (χ4n) is 1.41. The molecule has 3 heteroatoms. The van der Waals surface area contributed by atoms with Gasteiger partial charge in [-0.3, -0.25) is 4.84 Å². The molecule has 0 radical (unpaired) electrons. The summed E-state index contributed by atoms with van der Waals surface area (Å²) in [5.41, 5.74) is 5.49. The first kappa shape index (κ1) is 11.3. The van der Waals surface area contributed by atoms with Crippen molar-refractivity contribution in [3.63, 3.8) is 0 Å². The zero-order chi connectivity index (χ0) is 11.2. The molecule has 2 rings (SSSR count). The number of hydrogen-bond acceptors (Lipinski definition) is 3. The number of thiophene rings is 1. The molecule has 0 saturated heterocycles. The third kappa shape index (κ3) is 3.17. The van der Waals surface area contributed by atoms with Gasteiger partial charge in [0.05, 0.1) is 13.2 Å². The molecule has 1 heterocycles. The molecule has 0 spiro atoms. The average molecular weight is 233 g/mol. The molecule has 0 aliphatic heterocycles. The lowest BCUT2D eigenvalue weighted by atomic mass is 10.2. The maximum atomic E-state index is 5.40. The van der Waals surface area contributed by atoms with Crippen LogP contribution in [0.2, 0.25) is 0 Å². The van der Waals surface area contributed by atoms with Gasteiger partial charge in [0.25, 0.3) is 0 Å². The predicted molar refractivity (Wildman–Crippen MR) is 67.1 cm³/mol. The second kappa shape index (κ2) is 5.80. The highest BCUT2D eigenvalue weighted by Crippen LogP contribution is 2.14. The average Bonchev–Trinajstić information content (AvgIpc) is 2.72. The van der Waals surface area contributed by atoms with Crippen LogP contribution in [-0.2, 0) is 18.0 Å². The summed E-state index contributed by atoms with van der Waals surface area (Å²) < 4.78 is 0. The van der Waals surface area contributed by atoms with E-state index in [0.29, 0.717) is 6.61 Å². The van der Waals surface area contributed by atoms with Crippen LogP contribution in [0.4, 0.5) is 0 Å². The van der Waals surface area contributed by atoms with Gasteiger partial charge >= 0.3 is 0 Å². The minimum Gasteiger partial charge on any atom is -0.297 e. The standard InChI is InChI=1S/C13H15NOS/c1-11-7-8-16-13(11)9-14-15-10-12-5-3-2-4-6-12/h2-8,14H,9-10H2,1H3. The Morgan fingerprint density at radius 2 is 2.00 bits per heavy atom. The molecule has 2 aromatic rings. The predicted octanol–water partition coefficient (Wildman–Crippen LogP) is 3.28. The van der Waals surface area contributed by atoms with Crippen LogP contribution >= 0.6 is 11.3 Å². The van der Waals surface area contributed by atoms with Gasteiger partial charge in [0.1, 0.15) is 0 Å². The van der Waals surface area contributed by atoms with Gasteiger partial charge in [-0.1, -0.05) is 30.3 Å². The van der Waals surface area contributed by atoms with Crippen molar-refractivity contribution in [2.24, 2.45) is 0 Å². The molecule has 2 nitrogen and oxygen atoms in total.